The van der Waals surface area contributed by atoms with Gasteiger partial charge in [-0.2, -0.15) is 5.10 Å². The summed E-state index contributed by atoms with van der Waals surface area (Å²) in [4.78, 5) is 8.70. The van der Waals surface area contributed by atoms with Crippen LogP contribution in [-0.2, 0) is 6.54 Å². The molecule has 3 rings (SSSR count). The van der Waals surface area contributed by atoms with Crippen LogP contribution in [0.5, 0.6) is 0 Å². The minimum atomic E-state index is 0.798. The Morgan fingerprint density at radius 1 is 1.14 bits per heavy atom. The molecule has 0 atom stereocenters. The number of unbranched alkanes of at least 4 members (excludes halogenated alkanes) is 1. The molecule has 21 heavy (non-hydrogen) atoms. The Labute approximate surface area is 124 Å². The average molecular weight is 281 g/mol. The summed E-state index contributed by atoms with van der Waals surface area (Å²) in [5.74, 6) is 0.798. The van der Waals surface area contributed by atoms with Crippen LogP contribution in [0.1, 0.15) is 25.3 Å². The maximum atomic E-state index is 4.42. The van der Waals surface area contributed by atoms with Gasteiger partial charge in [-0.3, -0.25) is 0 Å². The molecule has 2 heterocycles. The minimum absolute atomic E-state index is 0.798. The van der Waals surface area contributed by atoms with Gasteiger partial charge >= 0.3 is 0 Å². The molecule has 1 aromatic carbocycles. The zero-order valence-electron chi connectivity index (χ0n) is 12.4. The zero-order chi connectivity index (χ0) is 14.7. The van der Waals surface area contributed by atoms with Crippen molar-refractivity contribution in [2.24, 2.45) is 0 Å². The van der Waals surface area contributed by atoms with E-state index in [1.807, 2.05) is 23.0 Å². The van der Waals surface area contributed by atoms with Gasteiger partial charge < -0.3 is 5.32 Å². The number of fused-ring (bicyclic) bond motifs is 1. The van der Waals surface area contributed by atoms with E-state index in [2.05, 4.69) is 46.4 Å². The third kappa shape index (κ3) is 2.86. The predicted molar refractivity (Wildman–Crippen MR) is 84.7 cm³/mol. The van der Waals surface area contributed by atoms with Crippen LogP contribution in [0.25, 0.3) is 11.0 Å². The molecule has 0 spiro atoms. The molecule has 108 valence electrons. The topological polar surface area (TPSA) is 55.6 Å². The number of nitrogens with zero attached hydrogens (tertiary/aromatic N) is 4. The number of hydrogen-bond donors (Lipinski definition) is 1. The fourth-order valence-electron chi connectivity index (χ4n) is 2.24. The number of anilines is 2. The molecule has 0 saturated carbocycles. The SMILES string of the molecule is CCCCn1ncc2c(Nc3ccc(C)cc3)ncnc21. The Morgan fingerprint density at radius 3 is 2.71 bits per heavy atom. The van der Waals surface area contributed by atoms with E-state index in [-0.39, 0.29) is 0 Å². The summed E-state index contributed by atoms with van der Waals surface area (Å²) in [6.45, 7) is 5.14. The Balaban J connectivity index is 1.92. The van der Waals surface area contributed by atoms with Gasteiger partial charge in [-0.25, -0.2) is 14.6 Å². The molecular formula is C16H19N5. The van der Waals surface area contributed by atoms with Crippen LogP contribution in [0.15, 0.2) is 36.8 Å². The predicted octanol–water partition coefficient (Wildman–Crippen LogP) is 3.68. The lowest BCUT2D eigenvalue weighted by Gasteiger charge is -2.07. The number of rotatable bonds is 5. The van der Waals surface area contributed by atoms with E-state index in [0.717, 1.165) is 41.9 Å². The summed E-state index contributed by atoms with van der Waals surface area (Å²) < 4.78 is 1.95. The van der Waals surface area contributed by atoms with Crippen molar-refractivity contribution in [3.63, 3.8) is 0 Å². The largest absolute Gasteiger partial charge is 0.340 e. The van der Waals surface area contributed by atoms with Crippen molar-refractivity contribution in [3.05, 3.63) is 42.4 Å². The van der Waals surface area contributed by atoms with Gasteiger partial charge in [0, 0.05) is 12.2 Å². The van der Waals surface area contributed by atoms with Crippen LogP contribution in [0.4, 0.5) is 11.5 Å². The van der Waals surface area contributed by atoms with Crippen LogP contribution >= 0.6 is 0 Å². The highest BCUT2D eigenvalue weighted by molar-refractivity contribution is 5.88. The molecule has 0 aliphatic heterocycles. The molecule has 0 unspecified atom stereocenters. The Kier molecular flexibility index (Phi) is 3.81. The molecule has 0 aliphatic rings. The summed E-state index contributed by atoms with van der Waals surface area (Å²) in [5, 5.41) is 8.72. The van der Waals surface area contributed by atoms with E-state index < -0.39 is 0 Å². The van der Waals surface area contributed by atoms with E-state index in [9.17, 15) is 0 Å². The van der Waals surface area contributed by atoms with Gasteiger partial charge in [-0.15, -0.1) is 0 Å². The molecule has 5 heteroatoms. The van der Waals surface area contributed by atoms with E-state index in [4.69, 9.17) is 0 Å². The Morgan fingerprint density at radius 2 is 1.95 bits per heavy atom. The maximum absolute atomic E-state index is 4.42. The quantitative estimate of drug-likeness (QED) is 0.775. The van der Waals surface area contributed by atoms with Gasteiger partial charge in [-0.1, -0.05) is 31.0 Å². The Bertz CT molecular complexity index is 730. The van der Waals surface area contributed by atoms with E-state index in [1.165, 1.54) is 5.56 Å². The molecule has 3 aromatic rings. The van der Waals surface area contributed by atoms with E-state index in [0.29, 0.717) is 0 Å². The highest BCUT2D eigenvalue weighted by atomic mass is 15.3. The van der Waals surface area contributed by atoms with Crippen molar-refractivity contribution in [1.82, 2.24) is 19.7 Å². The molecule has 0 bridgehead atoms. The third-order valence-electron chi connectivity index (χ3n) is 3.47. The molecule has 1 N–H and O–H groups in total. The van der Waals surface area contributed by atoms with Gasteiger partial charge in [0.15, 0.2) is 5.65 Å². The number of hydrogen-bond acceptors (Lipinski definition) is 4. The first-order valence-electron chi connectivity index (χ1n) is 7.28. The third-order valence-corrected chi connectivity index (χ3v) is 3.47. The van der Waals surface area contributed by atoms with E-state index >= 15 is 0 Å². The van der Waals surface area contributed by atoms with Crippen molar-refractivity contribution in [3.8, 4) is 0 Å². The van der Waals surface area contributed by atoms with Crippen LogP contribution in [0.3, 0.4) is 0 Å². The van der Waals surface area contributed by atoms with Crippen LogP contribution in [0, 0.1) is 6.92 Å². The van der Waals surface area contributed by atoms with Crippen LogP contribution in [-0.4, -0.2) is 19.7 Å². The molecule has 0 radical (unpaired) electrons. The number of aromatic nitrogens is 4. The standard InChI is InChI=1S/C16H19N5/c1-3-4-9-21-16-14(10-19-21)15(17-11-18-16)20-13-7-5-12(2)6-8-13/h5-8,10-11H,3-4,9H2,1-2H3,(H,17,18,20). The minimum Gasteiger partial charge on any atom is -0.340 e. The monoisotopic (exact) mass is 281 g/mol. The normalized spacial score (nSPS) is 11.0. The van der Waals surface area contributed by atoms with Crippen molar-refractivity contribution in [2.45, 2.75) is 33.2 Å². The molecule has 5 nitrogen and oxygen atoms in total. The average Bonchev–Trinajstić information content (AvgIpc) is 2.92. The molecule has 0 fully saturated rings. The summed E-state index contributed by atoms with van der Waals surface area (Å²) in [6, 6.07) is 8.24. The van der Waals surface area contributed by atoms with Gasteiger partial charge in [0.25, 0.3) is 0 Å². The highest BCUT2D eigenvalue weighted by Gasteiger charge is 2.09. The zero-order valence-corrected chi connectivity index (χ0v) is 12.4. The smallest absolute Gasteiger partial charge is 0.163 e. The first-order valence-corrected chi connectivity index (χ1v) is 7.28. The van der Waals surface area contributed by atoms with E-state index in [1.54, 1.807) is 6.33 Å². The van der Waals surface area contributed by atoms with Crippen molar-refractivity contribution >= 4 is 22.5 Å². The van der Waals surface area contributed by atoms with Gasteiger partial charge in [0.05, 0.1) is 11.6 Å². The lowest BCUT2D eigenvalue weighted by Crippen LogP contribution is -2.01. The lowest BCUT2D eigenvalue weighted by atomic mass is 10.2. The van der Waals surface area contributed by atoms with Gasteiger partial charge in [0.2, 0.25) is 0 Å². The van der Waals surface area contributed by atoms with Gasteiger partial charge in [-0.05, 0) is 25.5 Å². The number of benzene rings is 1. The van der Waals surface area contributed by atoms with Crippen molar-refractivity contribution < 1.29 is 0 Å². The maximum Gasteiger partial charge on any atom is 0.163 e. The Hall–Kier alpha value is -2.43. The molecule has 0 aliphatic carbocycles. The van der Waals surface area contributed by atoms with Crippen LogP contribution < -0.4 is 5.32 Å². The summed E-state index contributed by atoms with van der Waals surface area (Å²) in [6.07, 6.45) is 5.66. The fraction of sp³-hybridized carbons (Fsp3) is 0.312. The summed E-state index contributed by atoms with van der Waals surface area (Å²) >= 11 is 0. The molecule has 0 saturated heterocycles. The lowest BCUT2D eigenvalue weighted by molar-refractivity contribution is 0.584. The van der Waals surface area contributed by atoms with Crippen molar-refractivity contribution in [2.75, 3.05) is 5.32 Å². The van der Waals surface area contributed by atoms with Crippen molar-refractivity contribution in [1.29, 1.82) is 0 Å². The highest BCUT2D eigenvalue weighted by Crippen LogP contribution is 2.23. The summed E-state index contributed by atoms with van der Waals surface area (Å²) in [7, 11) is 0. The summed E-state index contributed by atoms with van der Waals surface area (Å²) in [5.41, 5.74) is 3.13. The second-order valence-corrected chi connectivity index (χ2v) is 5.17. The second kappa shape index (κ2) is 5.91. The van der Waals surface area contributed by atoms with Gasteiger partial charge in [0.1, 0.15) is 12.1 Å². The first-order chi connectivity index (χ1) is 10.3. The molecule has 0 amide bonds. The number of nitrogens with one attached hydrogen (secondary N) is 1. The molecule has 2 aromatic heterocycles. The fourth-order valence-corrected chi connectivity index (χ4v) is 2.24. The van der Waals surface area contributed by atoms with Crippen LogP contribution in [0.2, 0.25) is 0 Å². The second-order valence-electron chi connectivity index (χ2n) is 5.17. The molecular weight excluding hydrogens is 262 g/mol. The number of aryl methyl sites for hydroxylation is 2. The first kappa shape index (κ1) is 13.5.